The van der Waals surface area contributed by atoms with E-state index in [0.29, 0.717) is 0 Å². The van der Waals surface area contributed by atoms with Gasteiger partial charge in [-0.2, -0.15) is 0 Å². The molecule has 0 spiro atoms. The summed E-state index contributed by atoms with van der Waals surface area (Å²) in [5, 5.41) is 0. The minimum absolute atomic E-state index is 1.21. The van der Waals surface area contributed by atoms with Crippen molar-refractivity contribution in [3.8, 4) is 0 Å². The fourth-order valence-corrected chi connectivity index (χ4v) is 2.40. The van der Waals surface area contributed by atoms with E-state index in [9.17, 15) is 0 Å². The molecule has 33 heavy (non-hydrogen) atoms. The van der Waals surface area contributed by atoms with Crippen molar-refractivity contribution in [2.24, 2.45) is 5.73 Å². The number of hydrogen-bond donors (Lipinski definition) is 1. The van der Waals surface area contributed by atoms with E-state index in [2.05, 4.69) is 99.3 Å². The Morgan fingerprint density at radius 2 is 0.697 bits per heavy atom. The molecule has 0 aliphatic carbocycles. The Hall–Kier alpha value is -2.38. The standard InChI is InChI=1S/2C9H12.C7H8.3C2H6.CH5N/c2*1-2-6-9-7-4-3-5-8-9;1-7-5-3-2-4-6-7;4*1-2/h2*3-5,7-8H,2,6H2,1H3;2-6H,1H3;3*1-2H3;2H2,1H3. The Bertz CT molecular complexity index is 592. The van der Waals surface area contributed by atoms with Gasteiger partial charge < -0.3 is 5.73 Å². The molecule has 0 saturated carbocycles. The van der Waals surface area contributed by atoms with E-state index in [0.717, 1.165) is 0 Å². The lowest BCUT2D eigenvalue weighted by Gasteiger charge is -1.93. The van der Waals surface area contributed by atoms with Crippen LogP contribution in [-0.4, -0.2) is 7.05 Å². The first-order valence-corrected chi connectivity index (χ1v) is 12.9. The van der Waals surface area contributed by atoms with Gasteiger partial charge in [0.1, 0.15) is 0 Å². The van der Waals surface area contributed by atoms with Gasteiger partial charge in [-0.3, -0.25) is 0 Å². The second kappa shape index (κ2) is 37.0. The van der Waals surface area contributed by atoms with Crippen LogP contribution in [0.1, 0.15) is 84.9 Å². The molecule has 0 heterocycles. The summed E-state index contributed by atoms with van der Waals surface area (Å²) in [6.45, 7) is 18.5. The van der Waals surface area contributed by atoms with E-state index in [4.69, 9.17) is 0 Å². The van der Waals surface area contributed by atoms with Crippen molar-refractivity contribution in [2.75, 3.05) is 7.05 Å². The molecule has 0 saturated heterocycles. The fourth-order valence-electron chi connectivity index (χ4n) is 2.40. The highest BCUT2D eigenvalue weighted by molar-refractivity contribution is 5.15. The molecule has 0 radical (unpaired) electrons. The SMILES string of the molecule is CC.CC.CC.CCCc1ccccc1.CCCc1ccccc1.CN.Cc1ccccc1. The fraction of sp³-hybridized carbons (Fsp3) is 0.438. The Labute approximate surface area is 208 Å². The molecule has 188 valence electrons. The van der Waals surface area contributed by atoms with Gasteiger partial charge in [0.25, 0.3) is 0 Å². The van der Waals surface area contributed by atoms with Crippen LogP contribution in [0.2, 0.25) is 0 Å². The predicted octanol–water partition coefficient (Wildman–Crippen LogP) is 9.93. The first kappa shape index (κ1) is 37.9. The highest BCUT2D eigenvalue weighted by atomic mass is 14.4. The van der Waals surface area contributed by atoms with Crippen LogP contribution >= 0.6 is 0 Å². The molecule has 3 aromatic carbocycles. The number of benzene rings is 3. The summed E-state index contributed by atoms with van der Waals surface area (Å²) in [5.41, 5.74) is 8.71. The second-order valence-electron chi connectivity index (χ2n) is 6.13. The molecule has 2 N–H and O–H groups in total. The Morgan fingerprint density at radius 1 is 0.455 bits per heavy atom. The molecule has 0 aliphatic heterocycles. The van der Waals surface area contributed by atoms with Crippen LogP contribution in [-0.2, 0) is 12.8 Å². The van der Waals surface area contributed by atoms with Gasteiger partial charge in [0, 0.05) is 0 Å². The van der Waals surface area contributed by atoms with Crippen LogP contribution in [0.25, 0.3) is 0 Å². The minimum Gasteiger partial charge on any atom is -0.333 e. The molecule has 0 atom stereocenters. The summed E-state index contributed by atoms with van der Waals surface area (Å²) >= 11 is 0. The molecule has 0 bridgehead atoms. The Morgan fingerprint density at radius 3 is 0.879 bits per heavy atom. The van der Waals surface area contributed by atoms with Gasteiger partial charge in [-0.1, -0.05) is 165 Å². The molecule has 0 aromatic heterocycles. The van der Waals surface area contributed by atoms with Crippen molar-refractivity contribution in [2.45, 2.75) is 88.0 Å². The number of rotatable bonds is 4. The quantitative estimate of drug-likeness (QED) is 0.418. The molecule has 0 aliphatic rings. The lowest BCUT2D eigenvalue weighted by atomic mass is 10.1. The number of hydrogen-bond acceptors (Lipinski definition) is 1. The van der Waals surface area contributed by atoms with Gasteiger partial charge >= 0.3 is 0 Å². The molecule has 1 heteroatoms. The highest BCUT2D eigenvalue weighted by Gasteiger charge is 1.85. The minimum atomic E-state index is 1.21. The van der Waals surface area contributed by atoms with Crippen molar-refractivity contribution < 1.29 is 0 Å². The molecule has 0 unspecified atom stereocenters. The molecular weight excluding hydrogens is 398 g/mol. The summed E-state index contributed by atoms with van der Waals surface area (Å²) in [5.74, 6) is 0. The molecular formula is C32H55N. The van der Waals surface area contributed by atoms with Crippen molar-refractivity contribution in [1.29, 1.82) is 0 Å². The maximum Gasteiger partial charge on any atom is -0.0195 e. The Kier molecular flexibility index (Phi) is 42.5. The lowest BCUT2D eigenvalue weighted by Crippen LogP contribution is -1.78. The average Bonchev–Trinajstić information content (AvgIpc) is 2.92. The molecule has 1 nitrogen and oxygen atoms in total. The lowest BCUT2D eigenvalue weighted by molar-refractivity contribution is 0.922. The summed E-state index contributed by atoms with van der Waals surface area (Å²) < 4.78 is 0. The largest absolute Gasteiger partial charge is 0.333 e. The third kappa shape index (κ3) is 29.6. The normalized spacial score (nSPS) is 7.73. The number of aryl methyl sites for hydroxylation is 3. The summed E-state index contributed by atoms with van der Waals surface area (Å²) in [4.78, 5) is 0. The zero-order valence-corrected chi connectivity index (χ0v) is 23.6. The first-order valence-electron chi connectivity index (χ1n) is 12.9. The van der Waals surface area contributed by atoms with Crippen LogP contribution < -0.4 is 5.73 Å². The van der Waals surface area contributed by atoms with Gasteiger partial charge in [0.05, 0.1) is 0 Å². The van der Waals surface area contributed by atoms with E-state index in [-0.39, 0.29) is 0 Å². The van der Waals surface area contributed by atoms with Gasteiger partial charge in [0.2, 0.25) is 0 Å². The van der Waals surface area contributed by atoms with E-state index in [1.165, 1.54) is 49.4 Å². The predicted molar refractivity (Wildman–Crippen MR) is 156 cm³/mol. The van der Waals surface area contributed by atoms with E-state index in [1.54, 1.807) is 0 Å². The second-order valence-corrected chi connectivity index (χ2v) is 6.13. The van der Waals surface area contributed by atoms with E-state index < -0.39 is 0 Å². The molecule has 0 amide bonds. The summed E-state index contributed by atoms with van der Waals surface area (Å²) in [6, 6.07) is 31.4. The maximum atomic E-state index is 4.50. The average molecular weight is 454 g/mol. The van der Waals surface area contributed by atoms with Crippen LogP contribution in [0.3, 0.4) is 0 Å². The van der Waals surface area contributed by atoms with Crippen molar-refractivity contribution in [1.82, 2.24) is 0 Å². The third-order valence-corrected chi connectivity index (χ3v) is 3.70. The van der Waals surface area contributed by atoms with Gasteiger partial charge in [-0.25, -0.2) is 0 Å². The van der Waals surface area contributed by atoms with Crippen LogP contribution in [0.4, 0.5) is 0 Å². The summed E-state index contributed by atoms with van der Waals surface area (Å²) in [6.07, 6.45) is 4.90. The molecule has 0 fully saturated rings. The maximum absolute atomic E-state index is 4.50. The van der Waals surface area contributed by atoms with Crippen molar-refractivity contribution in [3.63, 3.8) is 0 Å². The van der Waals surface area contributed by atoms with Crippen LogP contribution in [0, 0.1) is 6.92 Å². The highest BCUT2D eigenvalue weighted by Crippen LogP contribution is 2.01. The van der Waals surface area contributed by atoms with Crippen LogP contribution in [0.15, 0.2) is 91.0 Å². The monoisotopic (exact) mass is 453 g/mol. The van der Waals surface area contributed by atoms with Gasteiger partial charge in [-0.05, 0) is 37.9 Å². The topological polar surface area (TPSA) is 26.0 Å². The zero-order chi connectivity index (χ0) is 26.2. The Balaban J connectivity index is -0.000000166. The van der Waals surface area contributed by atoms with E-state index in [1.807, 2.05) is 59.7 Å². The van der Waals surface area contributed by atoms with Crippen LogP contribution in [0.5, 0.6) is 0 Å². The van der Waals surface area contributed by atoms with Crippen molar-refractivity contribution in [3.05, 3.63) is 108 Å². The molecule has 3 rings (SSSR count). The zero-order valence-electron chi connectivity index (χ0n) is 23.6. The molecule has 3 aromatic rings. The van der Waals surface area contributed by atoms with Crippen molar-refractivity contribution >= 4 is 0 Å². The van der Waals surface area contributed by atoms with Gasteiger partial charge in [0.15, 0.2) is 0 Å². The first-order chi connectivity index (χ1) is 16.3. The van der Waals surface area contributed by atoms with Gasteiger partial charge in [-0.15, -0.1) is 0 Å². The number of nitrogens with two attached hydrogens (primary N) is 1. The summed E-state index contributed by atoms with van der Waals surface area (Å²) in [7, 11) is 1.50. The van der Waals surface area contributed by atoms with E-state index >= 15 is 0 Å². The smallest absolute Gasteiger partial charge is 0.0195 e. The third-order valence-electron chi connectivity index (χ3n) is 3.70.